The number of halogens is 1. The molecule has 1 saturated carbocycles. The number of rotatable bonds is 12. The number of nitrogens with zero attached hydrogens (tertiary/aromatic N) is 2. The molecule has 1 unspecified atom stereocenters. The summed E-state index contributed by atoms with van der Waals surface area (Å²) < 4.78 is 50.6. The maximum atomic E-state index is 13.2. The fourth-order valence-corrected chi connectivity index (χ4v) is 5.23. The van der Waals surface area contributed by atoms with Gasteiger partial charge < -0.3 is 19.0 Å². The molecule has 0 saturated heterocycles. The lowest BCUT2D eigenvalue weighted by molar-refractivity contribution is 0.0964. The normalized spacial score (nSPS) is 14.0. The zero-order valence-corrected chi connectivity index (χ0v) is 23.3. The summed E-state index contributed by atoms with van der Waals surface area (Å²) in [6, 6.07) is 14.7. The van der Waals surface area contributed by atoms with Crippen LogP contribution in [0.3, 0.4) is 0 Å². The van der Waals surface area contributed by atoms with Crippen LogP contribution in [0.15, 0.2) is 59.0 Å². The minimum absolute atomic E-state index is 0.155. The quantitative estimate of drug-likeness (QED) is 0.157. The SMILES string of the molecule is CCCCCN(Cc1nc2oc(-c3ccc(Oc4ccc(F)cc4)cc3)c(C(=O)NC)c2cc1C1CC1)S(=O)[O-]. The average Bonchev–Trinajstić information content (AvgIpc) is 3.73. The third-order valence-corrected chi connectivity index (χ3v) is 7.71. The molecule has 210 valence electrons. The highest BCUT2D eigenvalue weighted by atomic mass is 32.2. The Balaban J connectivity index is 1.51. The van der Waals surface area contributed by atoms with Crippen molar-refractivity contribution in [1.82, 2.24) is 14.6 Å². The van der Waals surface area contributed by atoms with Gasteiger partial charge in [0.2, 0.25) is 5.71 Å². The van der Waals surface area contributed by atoms with Crippen molar-refractivity contribution in [1.29, 1.82) is 0 Å². The van der Waals surface area contributed by atoms with Crippen LogP contribution in [0, 0.1) is 5.82 Å². The van der Waals surface area contributed by atoms with Crippen LogP contribution in [0.4, 0.5) is 4.39 Å². The van der Waals surface area contributed by atoms with E-state index in [9.17, 15) is 17.9 Å². The van der Waals surface area contributed by atoms with Gasteiger partial charge in [-0.3, -0.25) is 9.00 Å². The summed E-state index contributed by atoms with van der Waals surface area (Å²) in [5.74, 6) is 1.03. The van der Waals surface area contributed by atoms with E-state index in [-0.39, 0.29) is 29.9 Å². The molecule has 2 aromatic heterocycles. The van der Waals surface area contributed by atoms with Crippen LogP contribution in [0.1, 0.15) is 66.6 Å². The number of pyridine rings is 1. The first kappa shape index (κ1) is 27.9. The Bertz CT molecular complexity index is 1520. The van der Waals surface area contributed by atoms with Crippen LogP contribution in [-0.2, 0) is 17.8 Å². The van der Waals surface area contributed by atoms with Crippen molar-refractivity contribution in [2.75, 3.05) is 13.6 Å². The van der Waals surface area contributed by atoms with Crippen molar-refractivity contribution in [2.45, 2.75) is 51.5 Å². The Hall–Kier alpha value is -3.60. The number of carbonyl (C=O) groups excluding carboxylic acids is 1. The lowest BCUT2D eigenvalue weighted by atomic mass is 10.0. The fourth-order valence-electron chi connectivity index (χ4n) is 4.73. The molecule has 8 nitrogen and oxygen atoms in total. The minimum atomic E-state index is -2.38. The van der Waals surface area contributed by atoms with Gasteiger partial charge in [0.15, 0.2) is 0 Å². The molecule has 0 radical (unpaired) electrons. The molecule has 1 fully saturated rings. The molecule has 10 heteroatoms. The highest BCUT2D eigenvalue weighted by Crippen LogP contribution is 2.44. The van der Waals surface area contributed by atoms with Gasteiger partial charge in [0.05, 0.1) is 23.2 Å². The summed E-state index contributed by atoms with van der Waals surface area (Å²) in [5.41, 5.74) is 2.92. The molecule has 1 aliphatic rings. The third-order valence-electron chi connectivity index (χ3n) is 6.98. The molecular formula is C30H31FN3O5S-. The Labute approximate surface area is 235 Å². The first-order chi connectivity index (χ1) is 19.4. The van der Waals surface area contributed by atoms with E-state index in [0.717, 1.165) is 37.7 Å². The van der Waals surface area contributed by atoms with Gasteiger partial charge in [0.1, 0.15) is 23.1 Å². The summed E-state index contributed by atoms with van der Waals surface area (Å²) in [6.45, 7) is 2.65. The second-order valence-electron chi connectivity index (χ2n) is 9.90. The van der Waals surface area contributed by atoms with Gasteiger partial charge in [-0.15, -0.1) is 0 Å². The monoisotopic (exact) mass is 564 g/mol. The molecule has 0 aliphatic heterocycles. The number of hydrogen-bond donors (Lipinski definition) is 1. The largest absolute Gasteiger partial charge is 0.760 e. The highest BCUT2D eigenvalue weighted by molar-refractivity contribution is 7.76. The average molecular weight is 565 g/mol. The minimum Gasteiger partial charge on any atom is -0.760 e. The summed E-state index contributed by atoms with van der Waals surface area (Å²) in [7, 11) is 1.56. The van der Waals surface area contributed by atoms with E-state index in [1.165, 1.54) is 16.4 Å². The fraction of sp³-hybridized carbons (Fsp3) is 0.333. The number of unbranched alkanes of at least 4 members (excludes halogenated alkanes) is 2. The second-order valence-corrected chi connectivity index (χ2v) is 10.9. The Morgan fingerprint density at radius 3 is 2.42 bits per heavy atom. The van der Waals surface area contributed by atoms with Gasteiger partial charge in [-0.05, 0) is 85.3 Å². The lowest BCUT2D eigenvalue weighted by Gasteiger charge is -2.24. The van der Waals surface area contributed by atoms with Gasteiger partial charge in [0.25, 0.3) is 5.91 Å². The number of carbonyl (C=O) groups is 1. The molecule has 2 heterocycles. The van der Waals surface area contributed by atoms with E-state index in [0.29, 0.717) is 46.0 Å². The maximum absolute atomic E-state index is 13.2. The molecule has 5 rings (SSSR count). The number of fused-ring (bicyclic) bond motifs is 1. The van der Waals surface area contributed by atoms with Crippen LogP contribution in [0.5, 0.6) is 11.5 Å². The van der Waals surface area contributed by atoms with Gasteiger partial charge >= 0.3 is 0 Å². The molecule has 1 amide bonds. The van der Waals surface area contributed by atoms with E-state index in [4.69, 9.17) is 14.1 Å². The molecule has 0 bridgehead atoms. The van der Waals surface area contributed by atoms with Crippen molar-refractivity contribution < 1.29 is 27.1 Å². The van der Waals surface area contributed by atoms with Crippen molar-refractivity contribution in [3.8, 4) is 22.8 Å². The van der Waals surface area contributed by atoms with Crippen LogP contribution in [0.2, 0.25) is 0 Å². The van der Waals surface area contributed by atoms with Crippen LogP contribution < -0.4 is 10.1 Å². The van der Waals surface area contributed by atoms with E-state index >= 15 is 0 Å². The Morgan fingerprint density at radius 1 is 1.15 bits per heavy atom. The first-order valence-electron chi connectivity index (χ1n) is 13.4. The van der Waals surface area contributed by atoms with Crippen molar-refractivity contribution in [3.05, 3.63) is 77.2 Å². The number of benzene rings is 2. The van der Waals surface area contributed by atoms with Gasteiger partial charge in [-0.25, -0.2) is 13.7 Å². The molecule has 1 N–H and O–H groups in total. The summed E-state index contributed by atoms with van der Waals surface area (Å²) in [6.07, 6.45) is 4.70. The second kappa shape index (κ2) is 12.3. The number of hydrogen-bond acceptors (Lipinski definition) is 6. The summed E-state index contributed by atoms with van der Waals surface area (Å²) >= 11 is -2.38. The molecule has 0 spiro atoms. The number of aromatic nitrogens is 1. The Morgan fingerprint density at radius 2 is 1.82 bits per heavy atom. The van der Waals surface area contributed by atoms with E-state index in [1.807, 2.05) is 6.07 Å². The zero-order chi connectivity index (χ0) is 28.2. The van der Waals surface area contributed by atoms with Gasteiger partial charge in [-0.2, -0.15) is 0 Å². The van der Waals surface area contributed by atoms with Crippen molar-refractivity contribution >= 4 is 28.3 Å². The van der Waals surface area contributed by atoms with Gasteiger partial charge in [-0.1, -0.05) is 19.8 Å². The zero-order valence-electron chi connectivity index (χ0n) is 22.4. The molecule has 1 aliphatic carbocycles. The smallest absolute Gasteiger partial charge is 0.255 e. The predicted octanol–water partition coefficient (Wildman–Crippen LogP) is 6.45. The Kier molecular flexibility index (Phi) is 8.58. The molecular weight excluding hydrogens is 533 g/mol. The van der Waals surface area contributed by atoms with Crippen LogP contribution in [-0.4, -0.2) is 37.6 Å². The van der Waals surface area contributed by atoms with Crippen molar-refractivity contribution in [2.24, 2.45) is 0 Å². The number of furan rings is 1. The highest BCUT2D eigenvalue weighted by Gasteiger charge is 2.31. The number of nitrogens with one attached hydrogen (secondary N) is 1. The van der Waals surface area contributed by atoms with Crippen LogP contribution >= 0.6 is 0 Å². The maximum Gasteiger partial charge on any atom is 0.255 e. The third kappa shape index (κ3) is 6.24. The van der Waals surface area contributed by atoms with Gasteiger partial charge in [0, 0.05) is 30.4 Å². The predicted molar refractivity (Wildman–Crippen MR) is 150 cm³/mol. The van der Waals surface area contributed by atoms with E-state index < -0.39 is 11.3 Å². The molecule has 1 atom stereocenters. The topological polar surface area (TPSA) is 108 Å². The van der Waals surface area contributed by atoms with Crippen LogP contribution in [0.25, 0.3) is 22.4 Å². The number of ether oxygens (including phenoxy) is 1. The standard InChI is InChI=1S/C30H32FN3O5S/c1-3-4-5-16-34(40(36)37)18-26-24(19-6-7-19)17-25-27(29(35)32-2)28(39-30(25)33-26)20-8-12-22(13-9-20)38-23-14-10-21(31)11-15-23/h8-15,17,19H,3-7,16,18H2,1-2H3,(H,32,35)(H,36,37)/p-1. The first-order valence-corrected chi connectivity index (χ1v) is 14.5. The van der Waals surface area contributed by atoms with Crippen molar-refractivity contribution in [3.63, 3.8) is 0 Å². The summed E-state index contributed by atoms with van der Waals surface area (Å²) in [5, 5.41) is 3.29. The molecule has 4 aromatic rings. The van der Waals surface area contributed by atoms with E-state index in [2.05, 4.69) is 12.2 Å². The molecule has 40 heavy (non-hydrogen) atoms. The molecule has 2 aromatic carbocycles. The summed E-state index contributed by atoms with van der Waals surface area (Å²) in [4.78, 5) is 17.8. The number of amides is 1. The van der Waals surface area contributed by atoms with E-state index in [1.54, 1.807) is 43.4 Å². The lowest BCUT2D eigenvalue weighted by Crippen LogP contribution is -2.27.